The van der Waals surface area contributed by atoms with E-state index < -0.39 is 0 Å². The Morgan fingerprint density at radius 1 is 1.38 bits per heavy atom. The SMILES string of the molecule is CN(CCOCc1ccccc1)C(=O)c1csc(CN)n1. The van der Waals surface area contributed by atoms with E-state index >= 15 is 0 Å². The first-order chi connectivity index (χ1) is 10.2. The van der Waals surface area contributed by atoms with E-state index in [-0.39, 0.29) is 5.91 Å². The molecule has 2 rings (SSSR count). The van der Waals surface area contributed by atoms with E-state index in [4.69, 9.17) is 10.5 Å². The molecule has 0 saturated carbocycles. The van der Waals surface area contributed by atoms with Crippen LogP contribution in [0, 0.1) is 0 Å². The summed E-state index contributed by atoms with van der Waals surface area (Å²) in [4.78, 5) is 17.9. The Kier molecular flexibility index (Phi) is 5.86. The average Bonchev–Trinajstić information content (AvgIpc) is 3.00. The van der Waals surface area contributed by atoms with Gasteiger partial charge in [0.15, 0.2) is 0 Å². The van der Waals surface area contributed by atoms with Gasteiger partial charge < -0.3 is 15.4 Å². The van der Waals surface area contributed by atoms with E-state index in [2.05, 4.69) is 4.98 Å². The summed E-state index contributed by atoms with van der Waals surface area (Å²) in [5.41, 5.74) is 7.07. The summed E-state index contributed by atoms with van der Waals surface area (Å²) in [5.74, 6) is -0.103. The molecular weight excluding hydrogens is 286 g/mol. The van der Waals surface area contributed by atoms with Crippen LogP contribution in [0.15, 0.2) is 35.7 Å². The molecule has 0 aliphatic heterocycles. The molecule has 6 heteroatoms. The Morgan fingerprint density at radius 3 is 2.81 bits per heavy atom. The van der Waals surface area contributed by atoms with Gasteiger partial charge in [0, 0.05) is 25.5 Å². The third-order valence-electron chi connectivity index (χ3n) is 2.97. The number of benzene rings is 1. The van der Waals surface area contributed by atoms with Gasteiger partial charge in [-0.3, -0.25) is 4.79 Å². The lowest BCUT2D eigenvalue weighted by molar-refractivity contribution is 0.0666. The molecule has 2 N–H and O–H groups in total. The number of amides is 1. The van der Waals surface area contributed by atoms with Gasteiger partial charge in [-0.1, -0.05) is 30.3 Å². The molecular formula is C15H19N3O2S. The van der Waals surface area contributed by atoms with Crippen LogP contribution < -0.4 is 5.73 Å². The van der Waals surface area contributed by atoms with Gasteiger partial charge in [-0.25, -0.2) is 4.98 Å². The quantitative estimate of drug-likeness (QED) is 0.793. The molecule has 0 bridgehead atoms. The fourth-order valence-electron chi connectivity index (χ4n) is 1.77. The summed E-state index contributed by atoms with van der Waals surface area (Å²) in [6, 6.07) is 9.95. The van der Waals surface area contributed by atoms with Crippen molar-refractivity contribution in [1.82, 2.24) is 9.88 Å². The molecule has 1 amide bonds. The van der Waals surface area contributed by atoms with Gasteiger partial charge in [0.2, 0.25) is 0 Å². The highest BCUT2D eigenvalue weighted by Gasteiger charge is 2.14. The molecule has 0 spiro atoms. The Balaban J connectivity index is 1.74. The number of ether oxygens (including phenoxy) is 1. The van der Waals surface area contributed by atoms with E-state index in [0.29, 0.717) is 32.0 Å². The topological polar surface area (TPSA) is 68.5 Å². The lowest BCUT2D eigenvalue weighted by Crippen LogP contribution is -2.30. The predicted octanol–water partition coefficient (Wildman–Crippen LogP) is 1.89. The number of nitrogens with zero attached hydrogens (tertiary/aromatic N) is 2. The standard InChI is InChI=1S/C15H19N3O2S/c1-18(15(19)13-11-21-14(9-16)17-13)7-8-20-10-12-5-3-2-4-6-12/h2-6,11H,7-10,16H2,1H3. The summed E-state index contributed by atoms with van der Waals surface area (Å²) in [6.07, 6.45) is 0. The maximum Gasteiger partial charge on any atom is 0.273 e. The summed E-state index contributed by atoms with van der Waals surface area (Å²) < 4.78 is 5.57. The molecule has 0 atom stereocenters. The highest BCUT2D eigenvalue weighted by atomic mass is 32.1. The molecule has 2 aromatic rings. The molecule has 5 nitrogen and oxygen atoms in total. The summed E-state index contributed by atoms with van der Waals surface area (Å²) in [6.45, 7) is 1.94. The van der Waals surface area contributed by atoms with Crippen molar-refractivity contribution in [2.45, 2.75) is 13.2 Å². The second-order valence-corrected chi connectivity index (χ2v) is 5.54. The molecule has 0 unspecified atom stereocenters. The lowest BCUT2D eigenvalue weighted by Gasteiger charge is -2.15. The van der Waals surface area contributed by atoms with Crippen molar-refractivity contribution in [3.8, 4) is 0 Å². The van der Waals surface area contributed by atoms with E-state index in [9.17, 15) is 4.79 Å². The highest BCUT2D eigenvalue weighted by Crippen LogP contribution is 2.10. The van der Waals surface area contributed by atoms with Crippen LogP contribution in [0.25, 0.3) is 0 Å². The van der Waals surface area contributed by atoms with Crippen LogP contribution in [-0.4, -0.2) is 36.0 Å². The fourth-order valence-corrected chi connectivity index (χ4v) is 2.41. The maximum absolute atomic E-state index is 12.1. The zero-order chi connectivity index (χ0) is 15.1. The number of aromatic nitrogens is 1. The molecule has 21 heavy (non-hydrogen) atoms. The van der Waals surface area contributed by atoms with Crippen LogP contribution in [0.5, 0.6) is 0 Å². The van der Waals surface area contributed by atoms with Crippen LogP contribution in [0.3, 0.4) is 0 Å². The number of thiazole rings is 1. The third kappa shape index (κ3) is 4.63. The molecule has 0 aliphatic carbocycles. The van der Waals surface area contributed by atoms with E-state index in [1.54, 1.807) is 17.3 Å². The zero-order valence-electron chi connectivity index (χ0n) is 12.0. The number of likely N-dealkylation sites (N-methyl/N-ethyl adjacent to an activating group) is 1. The molecule has 1 aromatic heterocycles. The van der Waals surface area contributed by atoms with Gasteiger partial charge in [-0.05, 0) is 5.56 Å². The number of carbonyl (C=O) groups excluding carboxylic acids is 1. The highest BCUT2D eigenvalue weighted by molar-refractivity contribution is 7.09. The average molecular weight is 305 g/mol. The van der Waals surface area contributed by atoms with Crippen molar-refractivity contribution in [3.05, 3.63) is 52.0 Å². The minimum absolute atomic E-state index is 0.103. The molecule has 0 radical (unpaired) electrons. The van der Waals surface area contributed by atoms with Crippen molar-refractivity contribution in [2.24, 2.45) is 5.73 Å². The first-order valence-electron chi connectivity index (χ1n) is 6.72. The monoisotopic (exact) mass is 305 g/mol. The maximum atomic E-state index is 12.1. The fraction of sp³-hybridized carbons (Fsp3) is 0.333. The van der Waals surface area contributed by atoms with Gasteiger partial charge >= 0.3 is 0 Å². The minimum Gasteiger partial charge on any atom is -0.375 e. The van der Waals surface area contributed by atoms with Crippen molar-refractivity contribution >= 4 is 17.2 Å². The molecule has 0 aliphatic rings. The molecule has 1 heterocycles. The Bertz CT molecular complexity index is 571. The second kappa shape index (κ2) is 7.87. The van der Waals surface area contributed by atoms with Crippen LogP contribution in [0.1, 0.15) is 21.1 Å². The van der Waals surface area contributed by atoms with Crippen molar-refractivity contribution in [3.63, 3.8) is 0 Å². The number of rotatable bonds is 7. The normalized spacial score (nSPS) is 10.6. The van der Waals surface area contributed by atoms with Gasteiger partial charge in [0.1, 0.15) is 10.7 Å². The number of hydrogen-bond donors (Lipinski definition) is 1. The first-order valence-corrected chi connectivity index (χ1v) is 7.60. The van der Waals surface area contributed by atoms with Gasteiger partial charge in [-0.15, -0.1) is 11.3 Å². The summed E-state index contributed by atoms with van der Waals surface area (Å²) >= 11 is 1.41. The number of carbonyl (C=O) groups is 1. The first kappa shape index (κ1) is 15.6. The Labute approximate surface area is 128 Å². The van der Waals surface area contributed by atoms with Crippen molar-refractivity contribution in [1.29, 1.82) is 0 Å². The minimum atomic E-state index is -0.103. The van der Waals surface area contributed by atoms with Crippen molar-refractivity contribution < 1.29 is 9.53 Å². The predicted molar refractivity (Wildman–Crippen MR) is 83.1 cm³/mol. The molecule has 0 fully saturated rings. The van der Waals surface area contributed by atoms with Crippen LogP contribution >= 0.6 is 11.3 Å². The smallest absolute Gasteiger partial charge is 0.273 e. The van der Waals surface area contributed by atoms with E-state index in [0.717, 1.165) is 10.6 Å². The van der Waals surface area contributed by atoms with Gasteiger partial charge in [0.25, 0.3) is 5.91 Å². The molecule has 112 valence electrons. The van der Waals surface area contributed by atoms with Gasteiger partial charge in [0.05, 0.1) is 13.2 Å². The summed E-state index contributed by atoms with van der Waals surface area (Å²) in [5, 5.41) is 2.51. The van der Waals surface area contributed by atoms with Gasteiger partial charge in [-0.2, -0.15) is 0 Å². The molecule has 0 saturated heterocycles. The van der Waals surface area contributed by atoms with Crippen LogP contribution in [-0.2, 0) is 17.9 Å². The Hall–Kier alpha value is -1.76. The largest absolute Gasteiger partial charge is 0.375 e. The summed E-state index contributed by atoms with van der Waals surface area (Å²) in [7, 11) is 1.75. The third-order valence-corrected chi connectivity index (χ3v) is 3.85. The Morgan fingerprint density at radius 2 is 2.14 bits per heavy atom. The lowest BCUT2D eigenvalue weighted by atomic mass is 10.2. The zero-order valence-corrected chi connectivity index (χ0v) is 12.8. The van der Waals surface area contributed by atoms with E-state index in [1.165, 1.54) is 11.3 Å². The molecule has 1 aromatic carbocycles. The second-order valence-electron chi connectivity index (χ2n) is 4.60. The number of hydrogen-bond acceptors (Lipinski definition) is 5. The van der Waals surface area contributed by atoms with Crippen LogP contribution in [0.2, 0.25) is 0 Å². The number of nitrogens with two attached hydrogens (primary N) is 1. The van der Waals surface area contributed by atoms with Crippen LogP contribution in [0.4, 0.5) is 0 Å². The van der Waals surface area contributed by atoms with E-state index in [1.807, 2.05) is 30.3 Å². The van der Waals surface area contributed by atoms with Crippen molar-refractivity contribution in [2.75, 3.05) is 20.2 Å².